The number of rotatable bonds is 6. The van der Waals surface area contributed by atoms with E-state index in [4.69, 9.17) is 9.47 Å². The molecular formula is C15H21NO3. The van der Waals surface area contributed by atoms with Gasteiger partial charge in [0.2, 0.25) is 5.91 Å². The largest absolute Gasteiger partial charge is 0.493 e. The van der Waals surface area contributed by atoms with Crippen molar-refractivity contribution in [2.24, 2.45) is 5.41 Å². The Labute approximate surface area is 114 Å². The van der Waals surface area contributed by atoms with E-state index in [1.54, 1.807) is 38.5 Å². The van der Waals surface area contributed by atoms with Crippen molar-refractivity contribution in [3.63, 3.8) is 0 Å². The number of amides is 1. The lowest BCUT2D eigenvalue weighted by molar-refractivity contribution is -0.123. The van der Waals surface area contributed by atoms with Crippen molar-refractivity contribution in [2.75, 3.05) is 19.5 Å². The molecule has 1 aromatic carbocycles. The molecule has 19 heavy (non-hydrogen) atoms. The molecule has 4 nitrogen and oxygen atoms in total. The van der Waals surface area contributed by atoms with Crippen LogP contribution in [0.4, 0.5) is 5.69 Å². The number of anilines is 1. The Morgan fingerprint density at radius 1 is 1.32 bits per heavy atom. The Balaban J connectivity index is 2.88. The number of carbonyl (C=O) groups is 1. The number of allylic oxidation sites excluding steroid dienone is 1. The molecule has 0 radical (unpaired) electrons. The Morgan fingerprint density at radius 2 is 1.95 bits per heavy atom. The summed E-state index contributed by atoms with van der Waals surface area (Å²) in [4.78, 5) is 12.1. The number of nitrogens with one attached hydrogen (secondary N) is 1. The molecule has 0 saturated heterocycles. The third kappa shape index (κ3) is 3.74. The molecule has 0 unspecified atom stereocenters. The minimum absolute atomic E-state index is 0.0559. The zero-order valence-electron chi connectivity index (χ0n) is 11.9. The lowest BCUT2D eigenvalue weighted by Crippen LogP contribution is -2.30. The van der Waals surface area contributed by atoms with E-state index in [1.807, 2.05) is 13.8 Å². The number of hydrogen-bond acceptors (Lipinski definition) is 3. The van der Waals surface area contributed by atoms with Gasteiger partial charge in [-0.3, -0.25) is 4.79 Å². The Bertz CT molecular complexity index is 466. The smallest absolute Gasteiger partial charge is 0.230 e. The Kier molecular flexibility index (Phi) is 4.98. The van der Waals surface area contributed by atoms with Gasteiger partial charge in [-0.15, -0.1) is 6.58 Å². The van der Waals surface area contributed by atoms with Crippen molar-refractivity contribution in [3.8, 4) is 11.5 Å². The molecule has 104 valence electrons. The average molecular weight is 263 g/mol. The summed E-state index contributed by atoms with van der Waals surface area (Å²) in [6, 6.07) is 5.28. The van der Waals surface area contributed by atoms with Crippen LogP contribution in [0.2, 0.25) is 0 Å². The highest BCUT2D eigenvalue weighted by Gasteiger charge is 2.26. The van der Waals surface area contributed by atoms with Crippen LogP contribution in [0, 0.1) is 5.41 Å². The number of hydrogen-bond donors (Lipinski definition) is 1. The molecule has 0 aromatic heterocycles. The number of benzene rings is 1. The maximum atomic E-state index is 12.1. The van der Waals surface area contributed by atoms with Crippen LogP contribution in [0.1, 0.15) is 20.3 Å². The summed E-state index contributed by atoms with van der Waals surface area (Å²) >= 11 is 0. The second kappa shape index (κ2) is 6.27. The SMILES string of the molecule is C=CCC(C)(C)C(=O)Nc1ccc(OC)c(OC)c1. The van der Waals surface area contributed by atoms with Crippen molar-refractivity contribution in [2.45, 2.75) is 20.3 Å². The molecule has 0 aliphatic heterocycles. The summed E-state index contributed by atoms with van der Waals surface area (Å²) in [6.45, 7) is 7.43. The minimum atomic E-state index is -0.491. The van der Waals surface area contributed by atoms with Gasteiger partial charge in [-0.05, 0) is 18.6 Å². The van der Waals surface area contributed by atoms with Crippen LogP contribution in [-0.4, -0.2) is 20.1 Å². The van der Waals surface area contributed by atoms with E-state index in [-0.39, 0.29) is 5.91 Å². The van der Waals surface area contributed by atoms with Crippen molar-refractivity contribution in [3.05, 3.63) is 30.9 Å². The van der Waals surface area contributed by atoms with Crippen molar-refractivity contribution in [1.29, 1.82) is 0 Å². The van der Waals surface area contributed by atoms with Gasteiger partial charge in [0, 0.05) is 17.2 Å². The van der Waals surface area contributed by atoms with Crippen LogP contribution >= 0.6 is 0 Å². The minimum Gasteiger partial charge on any atom is -0.493 e. The summed E-state index contributed by atoms with van der Waals surface area (Å²) in [6.07, 6.45) is 2.36. The summed E-state index contributed by atoms with van der Waals surface area (Å²) < 4.78 is 10.4. The van der Waals surface area contributed by atoms with Gasteiger partial charge < -0.3 is 14.8 Å². The Morgan fingerprint density at radius 3 is 2.47 bits per heavy atom. The molecule has 1 rings (SSSR count). The van der Waals surface area contributed by atoms with Gasteiger partial charge in [-0.1, -0.05) is 19.9 Å². The van der Waals surface area contributed by atoms with Crippen LogP contribution in [0.15, 0.2) is 30.9 Å². The molecule has 0 bridgehead atoms. The van der Waals surface area contributed by atoms with Gasteiger partial charge in [0.15, 0.2) is 11.5 Å². The normalized spacial score (nSPS) is 10.7. The van der Waals surface area contributed by atoms with Gasteiger partial charge in [-0.25, -0.2) is 0 Å². The molecule has 0 heterocycles. The van der Waals surface area contributed by atoms with E-state index in [9.17, 15) is 4.79 Å². The molecule has 4 heteroatoms. The predicted octanol–water partition coefficient (Wildman–Crippen LogP) is 3.24. The topological polar surface area (TPSA) is 47.6 Å². The summed E-state index contributed by atoms with van der Waals surface area (Å²) in [5, 5.41) is 2.87. The first kappa shape index (κ1) is 15.1. The van der Waals surface area contributed by atoms with E-state index < -0.39 is 5.41 Å². The van der Waals surface area contributed by atoms with Gasteiger partial charge in [-0.2, -0.15) is 0 Å². The van der Waals surface area contributed by atoms with E-state index in [0.717, 1.165) is 0 Å². The fourth-order valence-electron chi connectivity index (χ4n) is 1.67. The maximum Gasteiger partial charge on any atom is 0.230 e. The monoisotopic (exact) mass is 263 g/mol. The molecule has 0 fully saturated rings. The fraction of sp³-hybridized carbons (Fsp3) is 0.400. The predicted molar refractivity (Wildman–Crippen MR) is 76.8 cm³/mol. The molecular weight excluding hydrogens is 242 g/mol. The molecule has 1 aromatic rings. The first-order valence-electron chi connectivity index (χ1n) is 6.09. The number of methoxy groups -OCH3 is 2. The van der Waals surface area contributed by atoms with Crippen LogP contribution in [0.25, 0.3) is 0 Å². The molecule has 0 aliphatic rings. The third-order valence-electron chi connectivity index (χ3n) is 2.91. The third-order valence-corrected chi connectivity index (χ3v) is 2.91. The Hall–Kier alpha value is -1.97. The first-order chi connectivity index (χ1) is 8.94. The van der Waals surface area contributed by atoms with E-state index in [2.05, 4.69) is 11.9 Å². The van der Waals surface area contributed by atoms with Gasteiger partial charge >= 0.3 is 0 Å². The van der Waals surface area contributed by atoms with Gasteiger partial charge in [0.25, 0.3) is 0 Å². The second-order valence-electron chi connectivity index (χ2n) is 4.90. The summed E-state index contributed by atoms with van der Waals surface area (Å²) in [7, 11) is 3.13. The zero-order chi connectivity index (χ0) is 14.5. The average Bonchev–Trinajstić information content (AvgIpc) is 2.38. The lowest BCUT2D eigenvalue weighted by atomic mass is 9.88. The summed E-state index contributed by atoms with van der Waals surface area (Å²) in [5.74, 6) is 1.16. The van der Waals surface area contributed by atoms with Gasteiger partial charge in [0.05, 0.1) is 14.2 Å². The van der Waals surface area contributed by atoms with E-state index >= 15 is 0 Å². The van der Waals surface area contributed by atoms with Crippen LogP contribution in [0.5, 0.6) is 11.5 Å². The van der Waals surface area contributed by atoms with Crippen molar-refractivity contribution >= 4 is 11.6 Å². The van der Waals surface area contributed by atoms with Crippen molar-refractivity contribution < 1.29 is 14.3 Å². The van der Waals surface area contributed by atoms with Crippen molar-refractivity contribution in [1.82, 2.24) is 0 Å². The maximum absolute atomic E-state index is 12.1. The number of ether oxygens (including phenoxy) is 2. The highest BCUT2D eigenvalue weighted by molar-refractivity contribution is 5.95. The highest BCUT2D eigenvalue weighted by Crippen LogP contribution is 2.31. The fourth-order valence-corrected chi connectivity index (χ4v) is 1.67. The molecule has 0 atom stereocenters. The van der Waals surface area contributed by atoms with E-state index in [1.165, 1.54) is 0 Å². The summed E-state index contributed by atoms with van der Waals surface area (Å²) in [5.41, 5.74) is 0.189. The van der Waals surface area contributed by atoms with Crippen LogP contribution in [0.3, 0.4) is 0 Å². The van der Waals surface area contributed by atoms with Crippen LogP contribution < -0.4 is 14.8 Å². The molecule has 0 saturated carbocycles. The standard InChI is InChI=1S/C15H21NO3/c1-6-9-15(2,3)14(17)16-11-7-8-12(18-4)13(10-11)19-5/h6-8,10H,1,9H2,2-5H3,(H,16,17). The van der Waals surface area contributed by atoms with Crippen LogP contribution in [-0.2, 0) is 4.79 Å². The molecule has 1 N–H and O–H groups in total. The quantitative estimate of drug-likeness (QED) is 0.801. The zero-order valence-corrected chi connectivity index (χ0v) is 11.9. The van der Waals surface area contributed by atoms with E-state index in [0.29, 0.717) is 23.6 Å². The highest BCUT2D eigenvalue weighted by atomic mass is 16.5. The molecule has 0 aliphatic carbocycles. The lowest BCUT2D eigenvalue weighted by Gasteiger charge is -2.22. The second-order valence-corrected chi connectivity index (χ2v) is 4.90. The molecule has 0 spiro atoms. The first-order valence-corrected chi connectivity index (χ1v) is 6.09. The molecule has 1 amide bonds. The van der Waals surface area contributed by atoms with Gasteiger partial charge in [0.1, 0.15) is 0 Å². The number of carbonyl (C=O) groups excluding carboxylic acids is 1.